The maximum absolute atomic E-state index is 12.2. The molecule has 0 aromatic carbocycles. The molecule has 4 aliphatic rings. The lowest BCUT2D eigenvalue weighted by Gasteiger charge is -2.29. The van der Waals surface area contributed by atoms with Gasteiger partial charge in [-0.25, -0.2) is 0 Å². The summed E-state index contributed by atoms with van der Waals surface area (Å²) in [7, 11) is 2.91. The van der Waals surface area contributed by atoms with Crippen molar-refractivity contribution in [2.24, 2.45) is 40.4 Å². The van der Waals surface area contributed by atoms with Crippen molar-refractivity contribution in [2.45, 2.75) is 19.8 Å². The maximum atomic E-state index is 12.2. The highest BCUT2D eigenvalue weighted by atomic mass is 16.5. The Morgan fingerprint density at radius 2 is 1.85 bits per heavy atom. The van der Waals surface area contributed by atoms with Crippen LogP contribution in [-0.2, 0) is 19.1 Å². The molecule has 2 bridgehead atoms. The van der Waals surface area contributed by atoms with Gasteiger partial charge in [-0.2, -0.15) is 0 Å². The van der Waals surface area contributed by atoms with Gasteiger partial charge in [0.1, 0.15) is 0 Å². The minimum Gasteiger partial charge on any atom is -0.469 e. The summed E-state index contributed by atoms with van der Waals surface area (Å²) in [6.45, 7) is 2.17. The van der Waals surface area contributed by atoms with E-state index in [2.05, 4.69) is 19.1 Å². The van der Waals surface area contributed by atoms with E-state index in [1.807, 2.05) is 0 Å². The molecule has 0 N–H and O–H groups in total. The van der Waals surface area contributed by atoms with Crippen LogP contribution in [0.15, 0.2) is 12.2 Å². The first-order valence-corrected chi connectivity index (χ1v) is 7.36. The molecule has 3 saturated carbocycles. The Bertz CT molecular complexity index is 539. The van der Waals surface area contributed by atoms with E-state index in [1.54, 1.807) is 0 Å². The van der Waals surface area contributed by atoms with Gasteiger partial charge in [0.05, 0.1) is 26.1 Å². The largest absolute Gasteiger partial charge is 0.469 e. The molecule has 4 nitrogen and oxygen atoms in total. The van der Waals surface area contributed by atoms with Crippen LogP contribution in [0.1, 0.15) is 19.8 Å². The molecule has 0 aromatic rings. The zero-order valence-electron chi connectivity index (χ0n) is 12.1. The SMILES string of the molecule is COC(=O)C1CC1(C)C12C3C=CC(C3)C1C2C(=O)OC. The molecule has 7 unspecified atom stereocenters. The third-order valence-electron chi connectivity index (χ3n) is 6.67. The van der Waals surface area contributed by atoms with E-state index in [4.69, 9.17) is 9.47 Å². The summed E-state index contributed by atoms with van der Waals surface area (Å²) in [4.78, 5) is 24.1. The standard InChI is InChI=1S/C16H20O4/c1-15(7-10(15)13(17)19-2)16-9-5-4-8(6-9)11(16)12(16)14(18)20-3/h4-5,8-12H,6-7H2,1-3H3. The summed E-state index contributed by atoms with van der Waals surface area (Å²) in [5, 5.41) is 0. The van der Waals surface area contributed by atoms with E-state index in [9.17, 15) is 9.59 Å². The van der Waals surface area contributed by atoms with Gasteiger partial charge in [0, 0.05) is 5.41 Å². The van der Waals surface area contributed by atoms with E-state index >= 15 is 0 Å². The second-order valence-electron chi connectivity index (χ2n) is 7.05. The predicted molar refractivity (Wildman–Crippen MR) is 70.4 cm³/mol. The molecule has 4 aliphatic carbocycles. The van der Waals surface area contributed by atoms with Gasteiger partial charge >= 0.3 is 11.9 Å². The molecule has 0 aromatic heterocycles. The molecular weight excluding hydrogens is 256 g/mol. The monoisotopic (exact) mass is 276 g/mol. The highest BCUT2D eigenvalue weighted by molar-refractivity contribution is 5.83. The van der Waals surface area contributed by atoms with Crippen molar-refractivity contribution in [3.63, 3.8) is 0 Å². The van der Waals surface area contributed by atoms with Gasteiger partial charge in [-0.05, 0) is 36.0 Å². The number of rotatable bonds is 3. The quantitative estimate of drug-likeness (QED) is 0.582. The van der Waals surface area contributed by atoms with Crippen molar-refractivity contribution in [1.82, 2.24) is 0 Å². The van der Waals surface area contributed by atoms with Crippen LogP contribution in [0.4, 0.5) is 0 Å². The lowest BCUT2D eigenvalue weighted by atomic mass is 9.74. The van der Waals surface area contributed by atoms with E-state index in [0.29, 0.717) is 17.8 Å². The number of allylic oxidation sites excluding steroid dienone is 2. The fraction of sp³-hybridized carbons (Fsp3) is 0.750. The number of carbonyl (C=O) groups is 2. The van der Waals surface area contributed by atoms with Crippen LogP contribution in [0.5, 0.6) is 0 Å². The normalized spacial score (nSPS) is 53.5. The summed E-state index contributed by atoms with van der Waals surface area (Å²) >= 11 is 0. The molecule has 0 spiro atoms. The van der Waals surface area contributed by atoms with Crippen molar-refractivity contribution in [3.05, 3.63) is 12.2 Å². The summed E-state index contributed by atoms with van der Waals surface area (Å²) in [6, 6.07) is 0. The minimum atomic E-state index is -0.122. The summed E-state index contributed by atoms with van der Waals surface area (Å²) in [6.07, 6.45) is 6.51. The lowest BCUT2D eigenvalue weighted by Crippen LogP contribution is -2.30. The zero-order chi connectivity index (χ0) is 14.3. The van der Waals surface area contributed by atoms with Crippen molar-refractivity contribution in [2.75, 3.05) is 14.2 Å². The molecule has 3 fully saturated rings. The average Bonchev–Trinajstić information content (AvgIpc) is 3.25. The topological polar surface area (TPSA) is 52.6 Å². The fourth-order valence-corrected chi connectivity index (χ4v) is 5.82. The average molecular weight is 276 g/mol. The third-order valence-corrected chi connectivity index (χ3v) is 6.67. The Labute approximate surface area is 118 Å². The third kappa shape index (κ3) is 1.08. The molecule has 20 heavy (non-hydrogen) atoms. The van der Waals surface area contributed by atoms with Gasteiger partial charge in [0.15, 0.2) is 0 Å². The van der Waals surface area contributed by atoms with Crippen LogP contribution in [-0.4, -0.2) is 26.2 Å². The number of ether oxygens (including phenoxy) is 2. The van der Waals surface area contributed by atoms with Crippen LogP contribution >= 0.6 is 0 Å². The molecule has 0 aliphatic heterocycles. The Morgan fingerprint density at radius 3 is 2.50 bits per heavy atom. The van der Waals surface area contributed by atoms with E-state index in [1.165, 1.54) is 14.2 Å². The van der Waals surface area contributed by atoms with Crippen LogP contribution in [0.25, 0.3) is 0 Å². The molecular formula is C16H20O4. The van der Waals surface area contributed by atoms with Crippen molar-refractivity contribution in [3.8, 4) is 0 Å². The van der Waals surface area contributed by atoms with Gasteiger partial charge in [-0.3, -0.25) is 9.59 Å². The van der Waals surface area contributed by atoms with E-state index in [0.717, 1.165) is 12.8 Å². The fourth-order valence-electron chi connectivity index (χ4n) is 5.82. The van der Waals surface area contributed by atoms with Gasteiger partial charge in [0.2, 0.25) is 0 Å². The number of esters is 2. The Balaban J connectivity index is 1.71. The van der Waals surface area contributed by atoms with Gasteiger partial charge in [0.25, 0.3) is 0 Å². The van der Waals surface area contributed by atoms with Crippen LogP contribution in [0.3, 0.4) is 0 Å². The Morgan fingerprint density at radius 1 is 1.15 bits per heavy atom. The summed E-state index contributed by atoms with van der Waals surface area (Å²) in [5.41, 5.74) is -0.133. The second kappa shape index (κ2) is 3.46. The summed E-state index contributed by atoms with van der Waals surface area (Å²) < 4.78 is 9.94. The van der Waals surface area contributed by atoms with Gasteiger partial charge in [-0.15, -0.1) is 0 Å². The molecule has 0 amide bonds. The number of methoxy groups -OCH3 is 2. The minimum absolute atomic E-state index is 0.0223. The Hall–Kier alpha value is -1.32. The van der Waals surface area contributed by atoms with Crippen LogP contribution in [0, 0.1) is 40.4 Å². The van der Waals surface area contributed by atoms with Gasteiger partial charge < -0.3 is 9.47 Å². The highest BCUT2D eigenvalue weighted by Crippen LogP contribution is 2.88. The first-order valence-electron chi connectivity index (χ1n) is 7.36. The number of hydrogen-bond donors (Lipinski definition) is 0. The molecule has 108 valence electrons. The second-order valence-corrected chi connectivity index (χ2v) is 7.05. The van der Waals surface area contributed by atoms with Crippen molar-refractivity contribution in [1.29, 1.82) is 0 Å². The molecule has 4 rings (SSSR count). The number of hydrogen-bond acceptors (Lipinski definition) is 4. The highest BCUT2D eigenvalue weighted by Gasteiger charge is 2.88. The molecule has 0 heterocycles. The van der Waals surface area contributed by atoms with E-state index in [-0.39, 0.29) is 34.6 Å². The number of carbonyl (C=O) groups excluding carboxylic acids is 2. The van der Waals surface area contributed by atoms with Gasteiger partial charge in [-0.1, -0.05) is 19.1 Å². The zero-order valence-corrected chi connectivity index (χ0v) is 12.1. The predicted octanol–water partition coefficient (Wildman–Crippen LogP) is 1.80. The van der Waals surface area contributed by atoms with Crippen molar-refractivity contribution >= 4 is 11.9 Å². The molecule has 0 radical (unpaired) electrons. The van der Waals surface area contributed by atoms with E-state index < -0.39 is 0 Å². The lowest BCUT2D eigenvalue weighted by molar-refractivity contribution is -0.146. The van der Waals surface area contributed by atoms with Crippen molar-refractivity contribution < 1.29 is 19.1 Å². The Kier molecular flexibility index (Phi) is 2.15. The molecule has 4 heteroatoms. The first-order chi connectivity index (χ1) is 9.52. The summed E-state index contributed by atoms with van der Waals surface area (Å²) in [5.74, 6) is 1.03. The van der Waals surface area contributed by atoms with Crippen LogP contribution < -0.4 is 0 Å². The molecule has 0 saturated heterocycles. The number of fused-ring (bicyclic) bond motifs is 5. The first kappa shape index (κ1) is 12.4. The van der Waals surface area contributed by atoms with Crippen LogP contribution in [0.2, 0.25) is 0 Å². The maximum Gasteiger partial charge on any atom is 0.309 e. The molecule has 7 atom stereocenters. The smallest absolute Gasteiger partial charge is 0.309 e.